The molecule has 1 amide bonds. The lowest BCUT2D eigenvalue weighted by Gasteiger charge is -2.13. The molecular formula is C17H18ClNOS. The van der Waals surface area contributed by atoms with E-state index >= 15 is 0 Å². The van der Waals surface area contributed by atoms with Gasteiger partial charge >= 0.3 is 0 Å². The van der Waals surface area contributed by atoms with Crippen LogP contribution in [0.25, 0.3) is 0 Å². The number of amides is 1. The van der Waals surface area contributed by atoms with Crippen LogP contribution in [0.2, 0.25) is 5.02 Å². The van der Waals surface area contributed by atoms with Crippen LogP contribution in [0.15, 0.2) is 48.5 Å². The van der Waals surface area contributed by atoms with Crippen LogP contribution in [0, 0.1) is 6.92 Å². The Bertz CT molecular complexity index is 615. The molecule has 0 aromatic heterocycles. The van der Waals surface area contributed by atoms with Crippen molar-refractivity contribution in [2.24, 2.45) is 0 Å². The summed E-state index contributed by atoms with van der Waals surface area (Å²) in [5, 5.41) is 3.52. The van der Waals surface area contributed by atoms with E-state index in [1.54, 1.807) is 17.8 Å². The predicted molar refractivity (Wildman–Crippen MR) is 92.0 cm³/mol. The van der Waals surface area contributed by atoms with Crippen LogP contribution in [-0.2, 0) is 10.5 Å². The van der Waals surface area contributed by atoms with Gasteiger partial charge in [-0.3, -0.25) is 4.79 Å². The lowest BCUT2D eigenvalue weighted by Crippen LogP contribution is -2.23. The summed E-state index contributed by atoms with van der Waals surface area (Å²) in [6, 6.07) is 15.6. The summed E-state index contributed by atoms with van der Waals surface area (Å²) in [4.78, 5) is 12.2. The van der Waals surface area contributed by atoms with Crippen LogP contribution >= 0.6 is 23.4 Å². The van der Waals surface area contributed by atoms with Crippen molar-refractivity contribution in [1.29, 1.82) is 0 Å². The van der Waals surface area contributed by atoms with Crippen molar-refractivity contribution in [1.82, 2.24) is 0 Å². The minimum atomic E-state index is -0.111. The third-order valence-corrected chi connectivity index (χ3v) is 4.61. The molecule has 1 atom stereocenters. The Hall–Kier alpha value is -1.45. The third-order valence-electron chi connectivity index (χ3n) is 3.16. The molecule has 0 bridgehead atoms. The monoisotopic (exact) mass is 319 g/mol. The number of hydrogen-bond donors (Lipinski definition) is 1. The second-order valence-corrected chi connectivity index (χ2v) is 6.65. The molecule has 2 nitrogen and oxygen atoms in total. The number of halogens is 1. The fourth-order valence-corrected chi connectivity index (χ4v) is 2.94. The summed E-state index contributed by atoms with van der Waals surface area (Å²) in [6.45, 7) is 3.86. The number of carbonyl (C=O) groups excluding carboxylic acids is 1. The lowest BCUT2D eigenvalue weighted by atomic mass is 10.2. The van der Waals surface area contributed by atoms with Gasteiger partial charge in [-0.05, 0) is 43.2 Å². The van der Waals surface area contributed by atoms with Crippen LogP contribution in [0.5, 0.6) is 0 Å². The molecule has 0 saturated carbocycles. The van der Waals surface area contributed by atoms with Gasteiger partial charge in [0, 0.05) is 16.5 Å². The first-order valence-electron chi connectivity index (χ1n) is 6.79. The number of rotatable bonds is 5. The standard InChI is InChI=1S/C17H18ClNOS/c1-12-10-15(18)8-9-16(12)19-17(20)13(2)21-11-14-6-4-3-5-7-14/h3-10,13H,11H2,1-2H3,(H,19,20)/t13-/m0/s1. The molecule has 0 saturated heterocycles. The Labute approximate surface area is 134 Å². The van der Waals surface area contributed by atoms with Gasteiger partial charge in [0.25, 0.3) is 0 Å². The molecule has 2 aromatic carbocycles. The maximum absolute atomic E-state index is 12.2. The van der Waals surface area contributed by atoms with Gasteiger partial charge < -0.3 is 5.32 Å². The highest BCUT2D eigenvalue weighted by molar-refractivity contribution is 7.99. The largest absolute Gasteiger partial charge is 0.325 e. The van der Waals surface area contributed by atoms with Crippen molar-refractivity contribution >= 4 is 35.0 Å². The molecule has 0 fully saturated rings. The Morgan fingerprint density at radius 1 is 1.24 bits per heavy atom. The number of nitrogens with one attached hydrogen (secondary N) is 1. The fourth-order valence-electron chi connectivity index (χ4n) is 1.87. The Kier molecular flexibility index (Phi) is 5.71. The van der Waals surface area contributed by atoms with Crippen LogP contribution < -0.4 is 5.32 Å². The predicted octanol–water partition coefficient (Wildman–Crippen LogP) is 4.91. The molecule has 2 rings (SSSR count). The zero-order valence-electron chi connectivity index (χ0n) is 12.1. The van der Waals surface area contributed by atoms with Crippen molar-refractivity contribution in [3.05, 3.63) is 64.7 Å². The number of aryl methyl sites for hydroxylation is 1. The first-order valence-corrected chi connectivity index (χ1v) is 8.21. The van der Waals surface area contributed by atoms with Crippen LogP contribution in [0.3, 0.4) is 0 Å². The Balaban J connectivity index is 1.90. The van der Waals surface area contributed by atoms with Gasteiger partial charge in [-0.1, -0.05) is 41.9 Å². The van der Waals surface area contributed by atoms with Gasteiger partial charge in [-0.2, -0.15) is 0 Å². The minimum Gasteiger partial charge on any atom is -0.325 e. The molecule has 1 N–H and O–H groups in total. The summed E-state index contributed by atoms with van der Waals surface area (Å²) in [7, 11) is 0. The second-order valence-electron chi connectivity index (χ2n) is 4.89. The van der Waals surface area contributed by atoms with E-state index in [1.165, 1.54) is 5.56 Å². The summed E-state index contributed by atoms with van der Waals surface area (Å²) >= 11 is 7.54. The van der Waals surface area contributed by atoms with E-state index in [9.17, 15) is 4.79 Å². The smallest absolute Gasteiger partial charge is 0.237 e. The Morgan fingerprint density at radius 3 is 2.62 bits per heavy atom. The number of hydrogen-bond acceptors (Lipinski definition) is 2. The molecule has 0 aliphatic heterocycles. The summed E-state index contributed by atoms with van der Waals surface area (Å²) < 4.78 is 0. The highest BCUT2D eigenvalue weighted by atomic mass is 35.5. The van der Waals surface area contributed by atoms with Crippen molar-refractivity contribution in [3.63, 3.8) is 0 Å². The lowest BCUT2D eigenvalue weighted by molar-refractivity contribution is -0.115. The quantitative estimate of drug-likeness (QED) is 0.848. The first-order chi connectivity index (χ1) is 10.1. The van der Waals surface area contributed by atoms with Gasteiger partial charge in [-0.15, -0.1) is 11.8 Å². The van der Waals surface area contributed by atoms with Gasteiger partial charge in [-0.25, -0.2) is 0 Å². The molecule has 0 radical (unpaired) electrons. The second kappa shape index (κ2) is 7.53. The SMILES string of the molecule is Cc1cc(Cl)ccc1NC(=O)[C@H](C)SCc1ccccc1. The van der Waals surface area contributed by atoms with Crippen molar-refractivity contribution in [2.45, 2.75) is 24.9 Å². The number of anilines is 1. The van der Waals surface area contributed by atoms with Gasteiger partial charge in [0.2, 0.25) is 5.91 Å². The van der Waals surface area contributed by atoms with Gasteiger partial charge in [0.05, 0.1) is 5.25 Å². The van der Waals surface area contributed by atoms with Crippen LogP contribution in [0.4, 0.5) is 5.69 Å². The minimum absolute atomic E-state index is 0.0151. The average Bonchev–Trinajstić information content (AvgIpc) is 2.48. The van der Waals surface area contributed by atoms with Gasteiger partial charge in [0.1, 0.15) is 0 Å². The molecule has 110 valence electrons. The maximum Gasteiger partial charge on any atom is 0.237 e. The van der Waals surface area contributed by atoms with E-state index in [0.29, 0.717) is 5.02 Å². The Morgan fingerprint density at radius 2 is 1.95 bits per heavy atom. The van der Waals surface area contributed by atoms with Gasteiger partial charge in [0.15, 0.2) is 0 Å². The van der Waals surface area contributed by atoms with E-state index in [4.69, 9.17) is 11.6 Å². The molecule has 21 heavy (non-hydrogen) atoms. The summed E-state index contributed by atoms with van der Waals surface area (Å²) in [5.74, 6) is 0.844. The van der Waals surface area contributed by atoms with Crippen molar-refractivity contribution in [3.8, 4) is 0 Å². The van der Waals surface area contributed by atoms with E-state index in [2.05, 4.69) is 17.4 Å². The molecule has 0 heterocycles. The van der Waals surface area contributed by atoms with Crippen molar-refractivity contribution < 1.29 is 4.79 Å². The van der Waals surface area contributed by atoms with Crippen molar-refractivity contribution in [2.75, 3.05) is 5.32 Å². The van der Waals surface area contributed by atoms with Crippen LogP contribution in [-0.4, -0.2) is 11.2 Å². The summed E-state index contributed by atoms with van der Waals surface area (Å²) in [5.41, 5.74) is 3.01. The molecule has 4 heteroatoms. The topological polar surface area (TPSA) is 29.1 Å². The first kappa shape index (κ1) is 15.9. The van der Waals surface area contributed by atoms with E-state index in [0.717, 1.165) is 17.0 Å². The highest BCUT2D eigenvalue weighted by Gasteiger charge is 2.14. The molecule has 0 spiro atoms. The highest BCUT2D eigenvalue weighted by Crippen LogP contribution is 2.22. The fraction of sp³-hybridized carbons (Fsp3) is 0.235. The summed E-state index contributed by atoms with van der Waals surface area (Å²) in [6.07, 6.45) is 0. The zero-order chi connectivity index (χ0) is 15.2. The molecule has 0 unspecified atom stereocenters. The third kappa shape index (κ3) is 4.80. The van der Waals surface area contributed by atoms with E-state index < -0.39 is 0 Å². The average molecular weight is 320 g/mol. The molecule has 0 aliphatic carbocycles. The number of carbonyl (C=O) groups is 1. The molecule has 0 aliphatic rings. The molecular weight excluding hydrogens is 302 g/mol. The number of thioether (sulfide) groups is 1. The zero-order valence-corrected chi connectivity index (χ0v) is 13.7. The van der Waals surface area contributed by atoms with Crippen LogP contribution in [0.1, 0.15) is 18.1 Å². The van der Waals surface area contributed by atoms with E-state index in [-0.39, 0.29) is 11.2 Å². The normalized spacial score (nSPS) is 12.0. The number of benzene rings is 2. The maximum atomic E-state index is 12.2. The molecule has 2 aromatic rings. The van der Waals surface area contributed by atoms with E-state index in [1.807, 2.05) is 44.2 Å².